The van der Waals surface area contributed by atoms with Gasteiger partial charge in [-0.25, -0.2) is 5.43 Å². The van der Waals surface area contributed by atoms with Crippen LogP contribution in [0.1, 0.15) is 17.5 Å². The van der Waals surface area contributed by atoms with Crippen LogP contribution in [0.4, 0.5) is 0 Å². The standard InChI is InChI=1S/C18H19BrN2O4/c1-12-5-3-4-6-15(12)25-8-7-17(22)21-20-11-13-9-14(19)18(23)16(10-13)24-2/h3-6,9-11,23H,7-8H2,1-2H3,(H,21,22)/b20-11-. The van der Waals surface area contributed by atoms with Gasteiger partial charge in [-0.1, -0.05) is 18.2 Å². The van der Waals surface area contributed by atoms with Gasteiger partial charge in [0.05, 0.1) is 30.8 Å². The molecule has 2 N–H and O–H groups in total. The highest BCUT2D eigenvalue weighted by Crippen LogP contribution is 2.34. The molecule has 2 rings (SSSR count). The summed E-state index contributed by atoms with van der Waals surface area (Å²) >= 11 is 3.23. The zero-order chi connectivity index (χ0) is 18.2. The highest BCUT2D eigenvalue weighted by Gasteiger charge is 2.07. The first kappa shape index (κ1) is 18.8. The van der Waals surface area contributed by atoms with Gasteiger partial charge in [0.15, 0.2) is 11.5 Å². The molecule has 25 heavy (non-hydrogen) atoms. The Labute approximate surface area is 154 Å². The third-order valence-corrected chi connectivity index (χ3v) is 3.96. The van der Waals surface area contributed by atoms with Crippen molar-refractivity contribution in [3.05, 3.63) is 52.0 Å². The van der Waals surface area contributed by atoms with Crippen molar-refractivity contribution in [3.8, 4) is 17.2 Å². The number of carbonyl (C=O) groups excluding carboxylic acids is 1. The number of para-hydroxylation sites is 1. The van der Waals surface area contributed by atoms with E-state index in [-0.39, 0.29) is 24.7 Å². The van der Waals surface area contributed by atoms with E-state index < -0.39 is 0 Å². The van der Waals surface area contributed by atoms with Crippen LogP contribution in [0.2, 0.25) is 0 Å². The Kier molecular flexibility index (Phi) is 6.82. The van der Waals surface area contributed by atoms with E-state index in [0.717, 1.165) is 11.3 Å². The highest BCUT2D eigenvalue weighted by atomic mass is 79.9. The summed E-state index contributed by atoms with van der Waals surface area (Å²) in [5, 5.41) is 13.6. The van der Waals surface area contributed by atoms with Crippen molar-refractivity contribution in [3.63, 3.8) is 0 Å². The first-order valence-electron chi connectivity index (χ1n) is 7.58. The van der Waals surface area contributed by atoms with E-state index in [1.807, 2.05) is 31.2 Å². The number of hydrazone groups is 1. The second kappa shape index (κ2) is 9.08. The quantitative estimate of drug-likeness (QED) is 0.545. The molecule has 2 aromatic rings. The molecule has 132 valence electrons. The minimum Gasteiger partial charge on any atom is -0.503 e. The van der Waals surface area contributed by atoms with Gasteiger partial charge in [-0.3, -0.25) is 4.79 Å². The second-order valence-corrected chi connectivity index (χ2v) is 6.07. The van der Waals surface area contributed by atoms with Gasteiger partial charge in [0.1, 0.15) is 5.75 Å². The van der Waals surface area contributed by atoms with E-state index in [9.17, 15) is 9.90 Å². The number of aromatic hydroxyl groups is 1. The van der Waals surface area contributed by atoms with Crippen molar-refractivity contribution >= 4 is 28.1 Å². The van der Waals surface area contributed by atoms with Crippen LogP contribution >= 0.6 is 15.9 Å². The van der Waals surface area contributed by atoms with Gasteiger partial charge in [0, 0.05) is 0 Å². The largest absolute Gasteiger partial charge is 0.503 e. The predicted octanol–water partition coefficient (Wildman–Crippen LogP) is 3.39. The number of phenols is 1. The molecule has 0 atom stereocenters. The summed E-state index contributed by atoms with van der Waals surface area (Å²) in [5.41, 5.74) is 4.12. The molecule has 0 aliphatic heterocycles. The molecule has 0 aliphatic rings. The Bertz CT molecular complexity index is 778. The molecule has 0 aliphatic carbocycles. The lowest BCUT2D eigenvalue weighted by Gasteiger charge is -2.08. The van der Waals surface area contributed by atoms with Crippen molar-refractivity contribution < 1.29 is 19.4 Å². The third-order valence-electron chi connectivity index (χ3n) is 3.35. The molecule has 0 fully saturated rings. The molecule has 1 amide bonds. The van der Waals surface area contributed by atoms with Crippen LogP contribution in [-0.2, 0) is 4.79 Å². The van der Waals surface area contributed by atoms with Crippen molar-refractivity contribution in [2.24, 2.45) is 5.10 Å². The zero-order valence-corrected chi connectivity index (χ0v) is 15.5. The normalized spacial score (nSPS) is 10.7. The number of ether oxygens (including phenoxy) is 2. The maximum Gasteiger partial charge on any atom is 0.243 e. The number of carbonyl (C=O) groups is 1. The van der Waals surface area contributed by atoms with Gasteiger partial charge in [-0.05, 0) is 52.2 Å². The van der Waals surface area contributed by atoms with Crippen molar-refractivity contribution in [1.29, 1.82) is 0 Å². The lowest BCUT2D eigenvalue weighted by Crippen LogP contribution is -2.20. The topological polar surface area (TPSA) is 80.2 Å². The average molecular weight is 407 g/mol. The van der Waals surface area contributed by atoms with Crippen LogP contribution in [0.3, 0.4) is 0 Å². The number of aryl methyl sites for hydroxylation is 1. The number of halogens is 1. The average Bonchev–Trinajstić information content (AvgIpc) is 2.59. The van der Waals surface area contributed by atoms with Gasteiger partial charge < -0.3 is 14.6 Å². The van der Waals surface area contributed by atoms with E-state index in [1.165, 1.54) is 13.3 Å². The van der Waals surface area contributed by atoms with Crippen LogP contribution in [-0.4, -0.2) is 30.9 Å². The monoisotopic (exact) mass is 406 g/mol. The van der Waals surface area contributed by atoms with E-state index in [1.54, 1.807) is 12.1 Å². The summed E-state index contributed by atoms with van der Waals surface area (Å²) in [6.07, 6.45) is 1.65. The number of hydrogen-bond donors (Lipinski definition) is 2. The summed E-state index contributed by atoms with van der Waals surface area (Å²) in [7, 11) is 1.46. The van der Waals surface area contributed by atoms with Crippen LogP contribution in [0.5, 0.6) is 17.2 Å². The Hall–Kier alpha value is -2.54. The summed E-state index contributed by atoms with van der Waals surface area (Å²) in [5.74, 6) is 0.834. The van der Waals surface area contributed by atoms with E-state index in [2.05, 4.69) is 26.5 Å². The molecule has 7 heteroatoms. The second-order valence-electron chi connectivity index (χ2n) is 5.21. The van der Waals surface area contributed by atoms with E-state index in [0.29, 0.717) is 15.8 Å². The van der Waals surface area contributed by atoms with E-state index >= 15 is 0 Å². The molecule has 0 saturated heterocycles. The van der Waals surface area contributed by atoms with Crippen LogP contribution < -0.4 is 14.9 Å². The molecule has 0 unspecified atom stereocenters. The summed E-state index contributed by atoms with van der Waals surface area (Å²) in [4.78, 5) is 11.8. The fraction of sp³-hybridized carbons (Fsp3) is 0.222. The lowest BCUT2D eigenvalue weighted by molar-refractivity contribution is -0.121. The number of phenolic OH excluding ortho intramolecular Hbond substituents is 1. The molecule has 0 saturated carbocycles. The van der Waals surface area contributed by atoms with Gasteiger partial charge in [-0.2, -0.15) is 5.10 Å². The van der Waals surface area contributed by atoms with Crippen molar-refractivity contribution in [2.45, 2.75) is 13.3 Å². The Morgan fingerprint density at radius 1 is 1.32 bits per heavy atom. The number of nitrogens with zero attached hydrogens (tertiary/aromatic N) is 1. The number of amides is 1. The molecule has 0 radical (unpaired) electrons. The summed E-state index contributed by atoms with van der Waals surface area (Å²) < 4.78 is 11.1. The SMILES string of the molecule is COc1cc(/C=N\NC(=O)CCOc2ccccc2C)cc(Br)c1O. The van der Waals surface area contributed by atoms with Crippen LogP contribution in [0.15, 0.2) is 46.0 Å². The highest BCUT2D eigenvalue weighted by molar-refractivity contribution is 9.10. The molecule has 0 aromatic heterocycles. The minimum atomic E-state index is -0.255. The molecule has 6 nitrogen and oxygen atoms in total. The third kappa shape index (κ3) is 5.49. The van der Waals surface area contributed by atoms with E-state index in [4.69, 9.17) is 9.47 Å². The van der Waals surface area contributed by atoms with Crippen molar-refractivity contribution in [1.82, 2.24) is 5.43 Å². The number of methoxy groups -OCH3 is 1. The number of nitrogens with one attached hydrogen (secondary N) is 1. The number of rotatable bonds is 7. The van der Waals surface area contributed by atoms with Gasteiger partial charge in [0.2, 0.25) is 5.91 Å². The molecule has 2 aromatic carbocycles. The van der Waals surface area contributed by atoms with Crippen LogP contribution in [0.25, 0.3) is 0 Å². The first-order valence-corrected chi connectivity index (χ1v) is 8.37. The lowest BCUT2D eigenvalue weighted by atomic mass is 10.2. The summed E-state index contributed by atoms with van der Waals surface area (Å²) in [6, 6.07) is 10.9. The van der Waals surface area contributed by atoms with Gasteiger partial charge >= 0.3 is 0 Å². The molecule has 0 heterocycles. The predicted molar refractivity (Wildman–Crippen MR) is 99.4 cm³/mol. The molecular formula is C18H19BrN2O4. The first-order chi connectivity index (χ1) is 12.0. The van der Waals surface area contributed by atoms with Gasteiger partial charge in [-0.15, -0.1) is 0 Å². The molecule has 0 spiro atoms. The Morgan fingerprint density at radius 2 is 2.08 bits per heavy atom. The smallest absolute Gasteiger partial charge is 0.243 e. The fourth-order valence-electron chi connectivity index (χ4n) is 2.03. The number of benzene rings is 2. The fourth-order valence-corrected chi connectivity index (χ4v) is 2.49. The maximum absolute atomic E-state index is 11.8. The Morgan fingerprint density at radius 3 is 2.80 bits per heavy atom. The number of hydrogen-bond acceptors (Lipinski definition) is 5. The molecule has 0 bridgehead atoms. The van der Waals surface area contributed by atoms with Gasteiger partial charge in [0.25, 0.3) is 0 Å². The maximum atomic E-state index is 11.8. The zero-order valence-electron chi connectivity index (χ0n) is 14.0. The Balaban J connectivity index is 1.83. The van der Waals surface area contributed by atoms with Crippen molar-refractivity contribution in [2.75, 3.05) is 13.7 Å². The summed E-state index contributed by atoms with van der Waals surface area (Å²) in [6.45, 7) is 2.22. The minimum absolute atomic E-state index is 0.0111. The molecular weight excluding hydrogens is 388 g/mol. The van der Waals surface area contributed by atoms with Crippen LogP contribution in [0, 0.1) is 6.92 Å².